The highest BCUT2D eigenvalue weighted by molar-refractivity contribution is 7.99. The molecule has 0 aliphatic heterocycles. The van der Waals surface area contributed by atoms with Crippen molar-refractivity contribution in [1.82, 2.24) is 29.7 Å². The lowest BCUT2D eigenvalue weighted by Gasteiger charge is -2.16. The summed E-state index contributed by atoms with van der Waals surface area (Å²) in [6.45, 7) is 6.86. The molecule has 1 aromatic carbocycles. The molecule has 0 saturated carbocycles. The monoisotopic (exact) mass is 439 g/mol. The third-order valence-electron chi connectivity index (χ3n) is 4.51. The van der Waals surface area contributed by atoms with Crippen LogP contribution in [0.25, 0.3) is 21.3 Å². The minimum Gasteiger partial charge on any atom is -0.336 e. The van der Waals surface area contributed by atoms with Gasteiger partial charge in [0.25, 0.3) is 0 Å². The van der Waals surface area contributed by atoms with Crippen LogP contribution in [0.3, 0.4) is 0 Å². The fourth-order valence-corrected chi connectivity index (χ4v) is 5.08. The summed E-state index contributed by atoms with van der Waals surface area (Å²) in [5.74, 6) is 7.85. The van der Waals surface area contributed by atoms with Crippen molar-refractivity contribution in [3.63, 3.8) is 0 Å². The summed E-state index contributed by atoms with van der Waals surface area (Å²) in [7, 11) is 4.02. The number of aromatic nitrogens is 5. The van der Waals surface area contributed by atoms with E-state index in [4.69, 9.17) is 15.8 Å². The van der Waals surface area contributed by atoms with Gasteiger partial charge in [-0.25, -0.2) is 14.6 Å². The molecule has 156 valence electrons. The van der Waals surface area contributed by atoms with Gasteiger partial charge in [-0.05, 0) is 31.4 Å². The predicted molar refractivity (Wildman–Crippen MR) is 123 cm³/mol. The Balaban J connectivity index is 1.86. The number of benzene rings is 1. The molecule has 0 bridgehead atoms. The molecule has 3 aromatic heterocycles. The van der Waals surface area contributed by atoms with Crippen LogP contribution in [0.2, 0.25) is 0 Å². The number of thiophene rings is 1. The van der Waals surface area contributed by atoms with E-state index in [-0.39, 0.29) is 5.41 Å². The fourth-order valence-electron chi connectivity index (χ4n) is 3.15. The van der Waals surface area contributed by atoms with Crippen molar-refractivity contribution in [3.05, 3.63) is 47.4 Å². The zero-order valence-electron chi connectivity index (χ0n) is 17.7. The van der Waals surface area contributed by atoms with E-state index in [0.717, 1.165) is 38.0 Å². The Morgan fingerprint density at radius 1 is 1.10 bits per heavy atom. The summed E-state index contributed by atoms with van der Waals surface area (Å²) in [5.41, 5.74) is 2.06. The standard InChI is InChI=1S/C21H25N7S2/c1-21(2,3)19-25-26-20(28(19)22)30-18-16-14(13-9-7-6-8-10-13)12-29-17(16)23-15(24-18)11-27(4)5/h6-10,12H,11,22H2,1-5H3. The Morgan fingerprint density at radius 2 is 1.83 bits per heavy atom. The Bertz CT molecular complexity index is 1170. The summed E-state index contributed by atoms with van der Waals surface area (Å²) >= 11 is 3.07. The van der Waals surface area contributed by atoms with Gasteiger partial charge in [0.15, 0.2) is 5.82 Å². The van der Waals surface area contributed by atoms with Crippen LogP contribution in [0.5, 0.6) is 0 Å². The molecule has 2 N–H and O–H groups in total. The minimum atomic E-state index is -0.199. The summed E-state index contributed by atoms with van der Waals surface area (Å²) < 4.78 is 1.57. The Kier molecular flexibility index (Phi) is 5.52. The highest BCUT2D eigenvalue weighted by Gasteiger charge is 2.25. The number of hydrogen-bond acceptors (Lipinski definition) is 8. The molecule has 4 rings (SSSR count). The first-order valence-corrected chi connectivity index (χ1v) is 11.3. The highest BCUT2D eigenvalue weighted by atomic mass is 32.2. The topological polar surface area (TPSA) is 85.8 Å². The lowest BCUT2D eigenvalue weighted by molar-refractivity contribution is 0.390. The SMILES string of the molecule is CN(C)Cc1nc(Sc2nnc(C(C)(C)C)n2N)c2c(-c3ccccc3)csc2n1. The molecule has 3 heterocycles. The zero-order chi connectivity index (χ0) is 21.5. The van der Waals surface area contributed by atoms with Gasteiger partial charge in [0.2, 0.25) is 5.16 Å². The van der Waals surface area contributed by atoms with Gasteiger partial charge >= 0.3 is 0 Å². The smallest absolute Gasteiger partial charge is 0.216 e. The molecule has 0 aliphatic carbocycles. The molecule has 0 unspecified atom stereocenters. The second-order valence-corrected chi connectivity index (χ2v) is 10.2. The van der Waals surface area contributed by atoms with Gasteiger partial charge in [-0.3, -0.25) is 0 Å². The molecule has 9 heteroatoms. The number of nitrogen functional groups attached to an aromatic ring is 1. The maximum absolute atomic E-state index is 6.35. The van der Waals surface area contributed by atoms with E-state index in [2.05, 4.69) is 53.4 Å². The van der Waals surface area contributed by atoms with Crippen LogP contribution in [0, 0.1) is 0 Å². The first-order chi connectivity index (χ1) is 14.2. The van der Waals surface area contributed by atoms with Crippen molar-refractivity contribution < 1.29 is 0 Å². The van der Waals surface area contributed by atoms with Crippen molar-refractivity contribution in [2.24, 2.45) is 0 Å². The van der Waals surface area contributed by atoms with Crippen molar-refractivity contribution >= 4 is 33.3 Å². The lowest BCUT2D eigenvalue weighted by Crippen LogP contribution is -2.24. The number of rotatable bonds is 5. The van der Waals surface area contributed by atoms with Crippen molar-refractivity contribution in [2.75, 3.05) is 19.9 Å². The van der Waals surface area contributed by atoms with Crippen LogP contribution in [-0.4, -0.2) is 43.8 Å². The van der Waals surface area contributed by atoms with Crippen molar-refractivity contribution in [2.45, 2.75) is 42.9 Å². The van der Waals surface area contributed by atoms with E-state index < -0.39 is 0 Å². The molecule has 30 heavy (non-hydrogen) atoms. The van der Waals surface area contributed by atoms with Crippen molar-refractivity contribution in [1.29, 1.82) is 0 Å². The second kappa shape index (κ2) is 7.98. The van der Waals surface area contributed by atoms with Crippen LogP contribution in [0.1, 0.15) is 32.4 Å². The van der Waals surface area contributed by atoms with Crippen LogP contribution < -0.4 is 5.84 Å². The second-order valence-electron chi connectivity index (χ2n) is 8.41. The third-order valence-corrected chi connectivity index (χ3v) is 6.33. The Labute approximate surface area is 184 Å². The average Bonchev–Trinajstić information content (AvgIpc) is 3.26. The van der Waals surface area contributed by atoms with Crippen LogP contribution in [0.4, 0.5) is 0 Å². The van der Waals surface area contributed by atoms with Gasteiger partial charge in [0.1, 0.15) is 15.7 Å². The Hall–Kier alpha value is -2.49. The normalized spacial score (nSPS) is 12.2. The van der Waals surface area contributed by atoms with E-state index in [1.807, 2.05) is 32.3 Å². The third kappa shape index (κ3) is 4.05. The number of fused-ring (bicyclic) bond motifs is 1. The van der Waals surface area contributed by atoms with Crippen LogP contribution in [0.15, 0.2) is 45.9 Å². The molecule has 4 aromatic rings. The number of nitrogens with two attached hydrogens (primary N) is 1. The van der Waals surface area contributed by atoms with Gasteiger partial charge in [-0.15, -0.1) is 21.5 Å². The molecule has 0 saturated heterocycles. The largest absolute Gasteiger partial charge is 0.336 e. The zero-order valence-corrected chi connectivity index (χ0v) is 19.4. The summed E-state index contributed by atoms with van der Waals surface area (Å²) in [6, 6.07) is 10.3. The molecule has 0 fully saturated rings. The van der Waals surface area contributed by atoms with Gasteiger partial charge in [0, 0.05) is 16.4 Å². The van der Waals surface area contributed by atoms with Gasteiger partial charge < -0.3 is 10.7 Å². The van der Waals surface area contributed by atoms with E-state index >= 15 is 0 Å². The van der Waals surface area contributed by atoms with Crippen LogP contribution >= 0.6 is 23.1 Å². The van der Waals surface area contributed by atoms with E-state index in [9.17, 15) is 0 Å². The minimum absolute atomic E-state index is 0.199. The molecule has 0 spiro atoms. The fraction of sp³-hybridized carbons (Fsp3) is 0.333. The van der Waals surface area contributed by atoms with Gasteiger partial charge in [0.05, 0.1) is 11.9 Å². The quantitative estimate of drug-likeness (QED) is 0.369. The van der Waals surface area contributed by atoms with Crippen molar-refractivity contribution in [3.8, 4) is 11.1 Å². The highest BCUT2D eigenvalue weighted by Crippen LogP contribution is 2.40. The Morgan fingerprint density at radius 3 is 2.47 bits per heavy atom. The molecular formula is C21H25N7S2. The summed E-state index contributed by atoms with van der Waals surface area (Å²) in [5, 5.41) is 13.3. The van der Waals surface area contributed by atoms with Gasteiger partial charge in [-0.2, -0.15) is 0 Å². The molecule has 0 radical (unpaired) electrons. The van der Waals surface area contributed by atoms with E-state index in [1.54, 1.807) is 16.0 Å². The number of hydrogen-bond donors (Lipinski definition) is 1. The number of nitrogens with zero attached hydrogens (tertiary/aromatic N) is 6. The molecule has 0 aliphatic rings. The first kappa shape index (κ1) is 20.8. The molecular weight excluding hydrogens is 414 g/mol. The summed E-state index contributed by atoms with van der Waals surface area (Å²) in [6.07, 6.45) is 0. The average molecular weight is 440 g/mol. The maximum atomic E-state index is 6.35. The van der Waals surface area contributed by atoms with E-state index in [0.29, 0.717) is 11.7 Å². The van der Waals surface area contributed by atoms with Crippen LogP contribution in [-0.2, 0) is 12.0 Å². The van der Waals surface area contributed by atoms with E-state index in [1.165, 1.54) is 11.8 Å². The molecule has 0 atom stereocenters. The predicted octanol–water partition coefficient (Wildman–Crippen LogP) is 4.17. The molecule has 0 amide bonds. The van der Waals surface area contributed by atoms with Gasteiger partial charge in [-0.1, -0.05) is 51.1 Å². The summed E-state index contributed by atoms with van der Waals surface area (Å²) in [4.78, 5) is 12.7. The maximum Gasteiger partial charge on any atom is 0.216 e. The lowest BCUT2D eigenvalue weighted by atomic mass is 9.96. The first-order valence-electron chi connectivity index (χ1n) is 9.61. The molecule has 7 nitrogen and oxygen atoms in total.